The number of aromatic nitrogens is 2. The van der Waals surface area contributed by atoms with Crippen LogP contribution in [0.25, 0.3) is 66.8 Å². The molecule has 0 N–H and O–H groups in total. The molecule has 0 atom stereocenters. The Morgan fingerprint density at radius 2 is 1.09 bits per heavy atom. The molecule has 4 aromatic carbocycles. The molecule has 34 heavy (non-hydrogen) atoms. The van der Waals surface area contributed by atoms with Gasteiger partial charge in [-0.05, 0) is 80.6 Å². The van der Waals surface area contributed by atoms with Crippen molar-refractivity contribution in [3.05, 3.63) is 121 Å². The zero-order chi connectivity index (χ0) is 22.5. The molecule has 0 fully saturated rings. The number of pyridine rings is 2. The third kappa shape index (κ3) is 2.96. The van der Waals surface area contributed by atoms with Gasteiger partial charge in [0.15, 0.2) is 0 Å². The number of hydrogen-bond donors (Lipinski definition) is 0. The fraction of sp³-hybridized carbons (Fsp3) is 0. The molecular weight excluding hydrogens is 412 g/mol. The zero-order valence-electron chi connectivity index (χ0n) is 18.4. The van der Waals surface area contributed by atoms with Crippen LogP contribution < -0.4 is 0 Å². The van der Waals surface area contributed by atoms with Crippen molar-refractivity contribution in [3.63, 3.8) is 0 Å². The van der Waals surface area contributed by atoms with Crippen LogP contribution in [0.2, 0.25) is 0 Å². The van der Waals surface area contributed by atoms with Gasteiger partial charge in [-0.15, -0.1) is 0 Å². The van der Waals surface area contributed by atoms with E-state index in [1.165, 1.54) is 44.2 Å². The Kier molecular flexibility index (Phi) is 4.18. The molecule has 0 unspecified atom stereocenters. The maximum atomic E-state index is 4.85. The molecule has 2 nitrogen and oxygen atoms in total. The molecule has 158 valence electrons. The molecule has 0 radical (unpaired) electrons. The van der Waals surface area contributed by atoms with E-state index in [-0.39, 0.29) is 0 Å². The lowest BCUT2D eigenvalue weighted by molar-refractivity contribution is 1.25. The predicted octanol–water partition coefficient (Wildman–Crippen LogP) is 8.28. The Morgan fingerprint density at radius 1 is 0.412 bits per heavy atom. The van der Waals surface area contributed by atoms with Gasteiger partial charge >= 0.3 is 0 Å². The van der Waals surface area contributed by atoms with Crippen LogP contribution in [0.15, 0.2) is 121 Å². The average Bonchev–Trinajstić information content (AvgIpc) is 3.24. The van der Waals surface area contributed by atoms with E-state index in [2.05, 4.69) is 89.9 Å². The summed E-state index contributed by atoms with van der Waals surface area (Å²) in [6.07, 6.45) is 1.80. The molecule has 2 aromatic heterocycles. The molecule has 1 aliphatic rings. The topological polar surface area (TPSA) is 25.8 Å². The van der Waals surface area contributed by atoms with Crippen molar-refractivity contribution in [1.29, 1.82) is 0 Å². The predicted molar refractivity (Wildman–Crippen MR) is 140 cm³/mol. The monoisotopic (exact) mass is 432 g/mol. The summed E-state index contributed by atoms with van der Waals surface area (Å²) in [5.74, 6) is 0. The van der Waals surface area contributed by atoms with E-state index < -0.39 is 0 Å². The lowest BCUT2D eigenvalue weighted by Crippen LogP contribution is -1.90. The second-order valence-corrected chi connectivity index (χ2v) is 8.67. The highest BCUT2D eigenvalue weighted by molar-refractivity contribution is 6.16. The van der Waals surface area contributed by atoms with E-state index >= 15 is 0 Å². The van der Waals surface area contributed by atoms with Crippen LogP contribution in [0.5, 0.6) is 0 Å². The molecule has 0 amide bonds. The van der Waals surface area contributed by atoms with Crippen LogP contribution in [0.1, 0.15) is 0 Å². The van der Waals surface area contributed by atoms with Gasteiger partial charge in [0.05, 0.1) is 17.1 Å². The van der Waals surface area contributed by atoms with Crippen LogP contribution in [-0.2, 0) is 0 Å². The van der Waals surface area contributed by atoms with Gasteiger partial charge in [-0.3, -0.25) is 4.98 Å². The van der Waals surface area contributed by atoms with Crippen LogP contribution in [0.4, 0.5) is 0 Å². The summed E-state index contributed by atoms with van der Waals surface area (Å²) >= 11 is 0. The Hall–Kier alpha value is -4.56. The van der Waals surface area contributed by atoms with Crippen molar-refractivity contribution in [1.82, 2.24) is 9.97 Å². The van der Waals surface area contributed by atoms with Gasteiger partial charge < -0.3 is 0 Å². The average molecular weight is 433 g/mol. The van der Waals surface area contributed by atoms with Gasteiger partial charge in [-0.25, -0.2) is 4.98 Å². The molecule has 6 aromatic rings. The Bertz CT molecular complexity index is 1680. The van der Waals surface area contributed by atoms with E-state index in [1.807, 2.05) is 30.3 Å². The third-order valence-corrected chi connectivity index (χ3v) is 6.67. The first kappa shape index (κ1) is 19.0. The molecule has 0 bridgehead atoms. The van der Waals surface area contributed by atoms with E-state index in [4.69, 9.17) is 4.98 Å². The smallest absolute Gasteiger partial charge is 0.0893 e. The van der Waals surface area contributed by atoms with Crippen molar-refractivity contribution >= 4 is 10.8 Å². The Balaban J connectivity index is 1.29. The molecular formula is C32H20N2. The summed E-state index contributed by atoms with van der Waals surface area (Å²) in [4.78, 5) is 9.29. The second-order valence-electron chi connectivity index (χ2n) is 8.67. The summed E-state index contributed by atoms with van der Waals surface area (Å²) in [7, 11) is 0. The fourth-order valence-corrected chi connectivity index (χ4v) is 5.07. The maximum absolute atomic E-state index is 4.85. The first-order valence-corrected chi connectivity index (χ1v) is 11.5. The van der Waals surface area contributed by atoms with Gasteiger partial charge in [0.1, 0.15) is 0 Å². The molecule has 2 heterocycles. The van der Waals surface area contributed by atoms with Crippen LogP contribution in [0, 0.1) is 0 Å². The van der Waals surface area contributed by atoms with Crippen molar-refractivity contribution < 1.29 is 0 Å². The summed E-state index contributed by atoms with van der Waals surface area (Å²) in [5.41, 5.74) is 11.6. The van der Waals surface area contributed by atoms with Crippen LogP contribution >= 0.6 is 0 Å². The van der Waals surface area contributed by atoms with Crippen LogP contribution in [-0.4, -0.2) is 9.97 Å². The van der Waals surface area contributed by atoms with Crippen molar-refractivity contribution in [2.45, 2.75) is 0 Å². The highest BCUT2D eigenvalue weighted by atomic mass is 14.8. The van der Waals surface area contributed by atoms with E-state index in [9.17, 15) is 0 Å². The zero-order valence-corrected chi connectivity index (χ0v) is 18.4. The maximum Gasteiger partial charge on any atom is 0.0893 e. The minimum Gasteiger partial charge on any atom is -0.255 e. The largest absolute Gasteiger partial charge is 0.255 e. The summed E-state index contributed by atoms with van der Waals surface area (Å²) in [5, 5.41) is 2.65. The summed E-state index contributed by atoms with van der Waals surface area (Å²) in [6, 6.07) is 40.7. The van der Waals surface area contributed by atoms with Gasteiger partial charge in [0.25, 0.3) is 0 Å². The second kappa shape index (κ2) is 7.50. The molecule has 2 heteroatoms. The quantitative estimate of drug-likeness (QED) is 0.281. The van der Waals surface area contributed by atoms with Gasteiger partial charge in [-0.1, -0.05) is 78.9 Å². The Morgan fingerprint density at radius 3 is 1.91 bits per heavy atom. The number of fused-ring (bicyclic) bond motifs is 3. The first-order chi connectivity index (χ1) is 16.8. The highest BCUT2D eigenvalue weighted by Crippen LogP contribution is 2.48. The Labute approximate surface area is 198 Å². The highest BCUT2D eigenvalue weighted by Gasteiger charge is 2.21. The van der Waals surface area contributed by atoms with Gasteiger partial charge in [-0.2, -0.15) is 0 Å². The fourth-order valence-electron chi connectivity index (χ4n) is 5.07. The summed E-state index contributed by atoms with van der Waals surface area (Å²) in [6.45, 7) is 0. The number of nitrogens with zero attached hydrogens (tertiary/aromatic N) is 2. The number of benzene rings is 4. The molecule has 0 saturated heterocycles. The normalized spacial score (nSPS) is 11.5. The van der Waals surface area contributed by atoms with Gasteiger partial charge in [0, 0.05) is 11.8 Å². The van der Waals surface area contributed by atoms with E-state index in [0.717, 1.165) is 22.6 Å². The van der Waals surface area contributed by atoms with Crippen molar-refractivity contribution in [3.8, 4) is 56.0 Å². The minimum atomic E-state index is 0.884. The standard InChI is InChI=1S/C32H20N2/c1-2-9-26-25(8-1)27-10-5-7-23-19-24(20-28(26)32(23)27)21-14-16-22(17-15-21)29-12-6-13-31(34-29)30-11-3-4-18-33-30/h1-20H. The lowest BCUT2D eigenvalue weighted by atomic mass is 9.95. The molecule has 0 aliphatic heterocycles. The third-order valence-electron chi connectivity index (χ3n) is 6.67. The number of hydrogen-bond acceptors (Lipinski definition) is 2. The molecule has 7 rings (SSSR count). The first-order valence-electron chi connectivity index (χ1n) is 11.5. The molecule has 1 aliphatic carbocycles. The molecule has 0 spiro atoms. The van der Waals surface area contributed by atoms with Crippen molar-refractivity contribution in [2.24, 2.45) is 0 Å². The molecule has 0 saturated carbocycles. The van der Waals surface area contributed by atoms with E-state index in [0.29, 0.717) is 0 Å². The van der Waals surface area contributed by atoms with Crippen LogP contribution in [0.3, 0.4) is 0 Å². The lowest BCUT2D eigenvalue weighted by Gasteiger charge is -2.09. The SMILES string of the molecule is c1ccc(-c2cccc(-c3ccc(-c4cc5c6c(cccc6c4)-c4ccccc4-5)cc3)n2)nc1. The van der Waals surface area contributed by atoms with Crippen molar-refractivity contribution in [2.75, 3.05) is 0 Å². The number of rotatable bonds is 3. The minimum absolute atomic E-state index is 0.884. The summed E-state index contributed by atoms with van der Waals surface area (Å²) < 4.78 is 0. The van der Waals surface area contributed by atoms with Gasteiger partial charge in [0.2, 0.25) is 0 Å². The van der Waals surface area contributed by atoms with E-state index in [1.54, 1.807) is 6.20 Å².